The summed E-state index contributed by atoms with van der Waals surface area (Å²) in [5, 5.41) is 4.65. The number of anilines is 1. The molecule has 1 fully saturated rings. The maximum Gasteiger partial charge on any atom is 0.255 e. The molecule has 3 rings (SSSR count). The van der Waals surface area contributed by atoms with Gasteiger partial charge >= 0.3 is 0 Å². The molecule has 0 spiro atoms. The van der Waals surface area contributed by atoms with Crippen molar-refractivity contribution in [2.24, 2.45) is 0 Å². The molecule has 0 unspecified atom stereocenters. The lowest BCUT2D eigenvalue weighted by Gasteiger charge is -2.33. The molecule has 19 heavy (non-hydrogen) atoms. The van der Waals surface area contributed by atoms with E-state index in [0.29, 0.717) is 17.0 Å². The Balaban J connectivity index is 1.83. The van der Waals surface area contributed by atoms with E-state index in [-0.39, 0.29) is 0 Å². The zero-order valence-electron chi connectivity index (χ0n) is 10.8. The van der Waals surface area contributed by atoms with Crippen LogP contribution in [0.5, 0.6) is 0 Å². The number of rotatable bonds is 3. The van der Waals surface area contributed by atoms with Crippen molar-refractivity contribution in [1.82, 2.24) is 19.6 Å². The van der Waals surface area contributed by atoms with Gasteiger partial charge in [-0.15, -0.1) is 0 Å². The molecule has 1 aliphatic heterocycles. The van der Waals surface area contributed by atoms with Crippen molar-refractivity contribution in [2.45, 2.75) is 25.9 Å². The first-order chi connectivity index (χ1) is 9.28. The third-order valence-corrected chi connectivity index (χ3v) is 3.56. The van der Waals surface area contributed by atoms with Gasteiger partial charge in [-0.3, -0.25) is 0 Å². The van der Waals surface area contributed by atoms with Crippen molar-refractivity contribution in [2.75, 3.05) is 24.6 Å². The minimum Gasteiger partial charge on any atom is -0.378 e. The van der Waals surface area contributed by atoms with Gasteiger partial charge in [-0.2, -0.15) is 19.6 Å². The van der Waals surface area contributed by atoms with E-state index < -0.39 is 0 Å². The van der Waals surface area contributed by atoms with Crippen LogP contribution in [0.3, 0.4) is 0 Å². The third kappa shape index (κ3) is 2.50. The van der Waals surface area contributed by atoms with Gasteiger partial charge in [0.15, 0.2) is 0 Å². The number of hydrogen-bond acceptors (Lipinski definition) is 5. The van der Waals surface area contributed by atoms with Crippen LogP contribution in [0, 0.1) is 0 Å². The number of nitrogens with zero attached hydrogens (tertiary/aromatic N) is 5. The van der Waals surface area contributed by atoms with E-state index in [1.165, 1.54) is 6.33 Å². The van der Waals surface area contributed by atoms with Crippen molar-refractivity contribution < 1.29 is 4.74 Å². The van der Waals surface area contributed by atoms with Gasteiger partial charge in [0.05, 0.1) is 6.10 Å². The first-order valence-electron chi connectivity index (χ1n) is 6.50. The van der Waals surface area contributed by atoms with Gasteiger partial charge in [0.2, 0.25) is 0 Å². The Morgan fingerprint density at radius 2 is 2.21 bits per heavy atom. The highest BCUT2D eigenvalue weighted by Gasteiger charge is 2.22. The van der Waals surface area contributed by atoms with E-state index in [4.69, 9.17) is 16.3 Å². The molecule has 0 aliphatic carbocycles. The summed E-state index contributed by atoms with van der Waals surface area (Å²) in [7, 11) is 0. The van der Waals surface area contributed by atoms with E-state index in [0.717, 1.165) is 38.4 Å². The van der Waals surface area contributed by atoms with Crippen LogP contribution < -0.4 is 4.90 Å². The van der Waals surface area contributed by atoms with Crippen LogP contribution in [-0.2, 0) is 4.74 Å². The Morgan fingerprint density at radius 1 is 1.42 bits per heavy atom. The molecule has 0 amide bonds. The predicted molar refractivity (Wildman–Crippen MR) is 72.7 cm³/mol. The lowest BCUT2D eigenvalue weighted by molar-refractivity contribution is 0.0458. The van der Waals surface area contributed by atoms with Crippen LogP contribution in [0.4, 0.5) is 5.82 Å². The molecular formula is C12H16ClN5O. The monoisotopic (exact) mass is 281 g/mol. The van der Waals surface area contributed by atoms with Gasteiger partial charge in [-0.25, -0.2) is 0 Å². The van der Waals surface area contributed by atoms with E-state index in [1.807, 2.05) is 13.0 Å². The van der Waals surface area contributed by atoms with Gasteiger partial charge < -0.3 is 9.64 Å². The Bertz CT molecular complexity index is 564. The summed E-state index contributed by atoms with van der Waals surface area (Å²) in [6.07, 6.45) is 3.90. The SMILES string of the molecule is CCOC1CCN(c2cc(Cl)nc3ncnn23)CC1. The topological polar surface area (TPSA) is 55.5 Å². The molecule has 0 atom stereocenters. The normalized spacial score (nSPS) is 17.3. The van der Waals surface area contributed by atoms with Gasteiger partial charge in [0.1, 0.15) is 17.3 Å². The fourth-order valence-corrected chi connectivity index (χ4v) is 2.65. The molecule has 2 aromatic heterocycles. The molecule has 3 heterocycles. The largest absolute Gasteiger partial charge is 0.378 e. The average Bonchev–Trinajstić information content (AvgIpc) is 2.87. The maximum absolute atomic E-state index is 6.03. The average molecular weight is 282 g/mol. The van der Waals surface area contributed by atoms with E-state index in [2.05, 4.69) is 20.0 Å². The Hall–Kier alpha value is -1.40. The van der Waals surface area contributed by atoms with Gasteiger partial charge in [-0.1, -0.05) is 11.6 Å². The number of halogens is 1. The number of piperidine rings is 1. The van der Waals surface area contributed by atoms with Crippen LogP contribution in [0.1, 0.15) is 19.8 Å². The highest BCUT2D eigenvalue weighted by Crippen LogP contribution is 2.23. The first kappa shape index (κ1) is 12.6. The fraction of sp³-hybridized carbons (Fsp3) is 0.583. The van der Waals surface area contributed by atoms with Gasteiger partial charge in [-0.05, 0) is 19.8 Å². The number of ether oxygens (including phenoxy) is 1. The Labute approximate surface area is 116 Å². The number of fused-ring (bicyclic) bond motifs is 1. The highest BCUT2D eigenvalue weighted by molar-refractivity contribution is 6.29. The summed E-state index contributed by atoms with van der Waals surface area (Å²) in [5.41, 5.74) is 0. The summed E-state index contributed by atoms with van der Waals surface area (Å²) in [4.78, 5) is 10.5. The molecule has 0 radical (unpaired) electrons. The molecule has 0 saturated carbocycles. The molecule has 0 N–H and O–H groups in total. The van der Waals surface area contributed by atoms with Crippen molar-refractivity contribution in [1.29, 1.82) is 0 Å². The quantitative estimate of drug-likeness (QED) is 0.803. The van der Waals surface area contributed by atoms with Crippen molar-refractivity contribution in [3.05, 3.63) is 17.5 Å². The molecule has 1 saturated heterocycles. The summed E-state index contributed by atoms with van der Waals surface area (Å²) in [6, 6.07) is 1.84. The minimum absolute atomic E-state index is 0.366. The number of hydrogen-bond donors (Lipinski definition) is 0. The zero-order valence-corrected chi connectivity index (χ0v) is 11.5. The summed E-state index contributed by atoms with van der Waals surface area (Å²) < 4.78 is 7.39. The second kappa shape index (κ2) is 5.30. The van der Waals surface area contributed by atoms with Crippen LogP contribution in [0.2, 0.25) is 5.15 Å². The standard InChI is InChI=1S/C12H16ClN5O/c1-2-19-9-3-5-17(6-4-9)11-7-10(13)16-12-14-8-15-18(11)12/h7-9H,2-6H2,1H3. The maximum atomic E-state index is 6.03. The van der Waals surface area contributed by atoms with Crippen molar-refractivity contribution in [3.8, 4) is 0 Å². The highest BCUT2D eigenvalue weighted by atomic mass is 35.5. The van der Waals surface area contributed by atoms with Crippen LogP contribution >= 0.6 is 11.6 Å². The third-order valence-electron chi connectivity index (χ3n) is 3.37. The molecule has 0 aromatic carbocycles. The van der Waals surface area contributed by atoms with E-state index in [9.17, 15) is 0 Å². The molecule has 102 valence electrons. The molecule has 1 aliphatic rings. The Kier molecular flexibility index (Phi) is 3.52. The number of aromatic nitrogens is 4. The zero-order chi connectivity index (χ0) is 13.2. The first-order valence-corrected chi connectivity index (χ1v) is 6.88. The van der Waals surface area contributed by atoms with Crippen molar-refractivity contribution >= 4 is 23.2 Å². The molecular weight excluding hydrogens is 266 g/mol. The molecule has 0 bridgehead atoms. The van der Waals surface area contributed by atoms with Crippen molar-refractivity contribution in [3.63, 3.8) is 0 Å². The van der Waals surface area contributed by atoms with Crippen LogP contribution in [0.15, 0.2) is 12.4 Å². The summed E-state index contributed by atoms with van der Waals surface area (Å²) in [6.45, 7) is 4.67. The second-order valence-corrected chi connectivity index (χ2v) is 4.94. The predicted octanol–water partition coefficient (Wildman–Crippen LogP) is 1.78. The Morgan fingerprint density at radius 3 is 2.95 bits per heavy atom. The lowest BCUT2D eigenvalue weighted by Crippen LogP contribution is -2.38. The van der Waals surface area contributed by atoms with Gasteiger partial charge in [0, 0.05) is 25.8 Å². The lowest BCUT2D eigenvalue weighted by atomic mass is 10.1. The van der Waals surface area contributed by atoms with Crippen LogP contribution in [-0.4, -0.2) is 45.4 Å². The summed E-state index contributed by atoms with van der Waals surface area (Å²) >= 11 is 6.03. The molecule has 2 aromatic rings. The van der Waals surface area contributed by atoms with E-state index >= 15 is 0 Å². The van der Waals surface area contributed by atoms with Crippen LogP contribution in [0.25, 0.3) is 5.78 Å². The van der Waals surface area contributed by atoms with E-state index in [1.54, 1.807) is 4.52 Å². The van der Waals surface area contributed by atoms with Gasteiger partial charge in [0.25, 0.3) is 5.78 Å². The fourth-order valence-electron chi connectivity index (χ4n) is 2.48. The molecule has 7 heteroatoms. The second-order valence-electron chi connectivity index (χ2n) is 4.55. The minimum atomic E-state index is 0.366. The summed E-state index contributed by atoms with van der Waals surface area (Å²) in [5.74, 6) is 1.48. The molecule has 6 nitrogen and oxygen atoms in total. The smallest absolute Gasteiger partial charge is 0.255 e.